The minimum atomic E-state index is -5.04. The van der Waals surface area contributed by atoms with Gasteiger partial charge in [0, 0.05) is 4.47 Å². The summed E-state index contributed by atoms with van der Waals surface area (Å²) in [6.07, 6.45) is -9.78. The van der Waals surface area contributed by atoms with Crippen LogP contribution in [0, 0.1) is 3.57 Å². The second-order valence-corrected chi connectivity index (χ2v) is 4.75. The van der Waals surface area contributed by atoms with Crippen LogP contribution in [0.15, 0.2) is 16.6 Å². The molecule has 0 aromatic heterocycles. The molecule has 0 N–H and O–H groups in total. The molecule has 0 fully saturated rings. The molecule has 0 radical (unpaired) electrons. The van der Waals surface area contributed by atoms with Gasteiger partial charge in [0.25, 0.3) is 0 Å². The zero-order valence-corrected chi connectivity index (χ0v) is 11.3. The van der Waals surface area contributed by atoms with Crippen LogP contribution < -0.4 is 4.74 Å². The molecular formula is C8H2BrF6IO. The monoisotopic (exact) mass is 434 g/mol. The molecule has 0 aliphatic heterocycles. The Morgan fingerprint density at radius 2 is 1.59 bits per heavy atom. The third-order valence-electron chi connectivity index (χ3n) is 1.55. The van der Waals surface area contributed by atoms with E-state index in [1.807, 2.05) is 0 Å². The van der Waals surface area contributed by atoms with Gasteiger partial charge in [0.15, 0.2) is 0 Å². The van der Waals surface area contributed by atoms with Crippen LogP contribution in [0.3, 0.4) is 0 Å². The van der Waals surface area contributed by atoms with Crippen molar-refractivity contribution in [3.8, 4) is 5.75 Å². The summed E-state index contributed by atoms with van der Waals surface area (Å²) in [4.78, 5) is 0. The van der Waals surface area contributed by atoms with Crippen LogP contribution in [0.4, 0.5) is 26.3 Å². The lowest BCUT2D eigenvalue weighted by molar-refractivity contribution is -0.275. The maximum absolute atomic E-state index is 12.4. The summed E-state index contributed by atoms with van der Waals surface area (Å²) in [5, 5.41) is 0. The molecule has 17 heavy (non-hydrogen) atoms. The maximum atomic E-state index is 12.4. The van der Waals surface area contributed by atoms with Gasteiger partial charge in [0.05, 0.1) is 9.13 Å². The molecule has 0 unspecified atom stereocenters. The Morgan fingerprint density at radius 1 is 1.06 bits per heavy atom. The summed E-state index contributed by atoms with van der Waals surface area (Å²) in [5.41, 5.74) is -1.22. The molecule has 0 bridgehead atoms. The van der Waals surface area contributed by atoms with E-state index in [-0.39, 0.29) is 8.04 Å². The van der Waals surface area contributed by atoms with E-state index in [1.165, 1.54) is 22.6 Å². The first-order valence-electron chi connectivity index (χ1n) is 3.82. The maximum Gasteiger partial charge on any atom is 0.573 e. The Kier molecular flexibility index (Phi) is 4.22. The van der Waals surface area contributed by atoms with Crippen molar-refractivity contribution >= 4 is 38.5 Å². The lowest BCUT2D eigenvalue weighted by Crippen LogP contribution is -2.18. The highest BCUT2D eigenvalue weighted by Crippen LogP contribution is 2.39. The van der Waals surface area contributed by atoms with Crippen molar-refractivity contribution < 1.29 is 31.1 Å². The van der Waals surface area contributed by atoms with E-state index in [1.54, 1.807) is 0 Å². The summed E-state index contributed by atoms with van der Waals surface area (Å²) in [5.74, 6) is -0.889. The summed E-state index contributed by atoms with van der Waals surface area (Å²) in [6.45, 7) is 0. The van der Waals surface area contributed by atoms with Gasteiger partial charge in [-0.05, 0) is 50.7 Å². The quantitative estimate of drug-likeness (QED) is 0.448. The first-order valence-corrected chi connectivity index (χ1v) is 5.70. The zero-order valence-electron chi connectivity index (χ0n) is 7.59. The van der Waals surface area contributed by atoms with Gasteiger partial charge in [-0.25, -0.2) is 0 Å². The molecule has 0 saturated carbocycles. The minimum absolute atomic E-state index is 0.0899. The summed E-state index contributed by atoms with van der Waals surface area (Å²) in [7, 11) is 0. The molecule has 0 amide bonds. The number of hydrogen-bond acceptors (Lipinski definition) is 1. The number of alkyl halides is 6. The highest BCUT2D eigenvalue weighted by molar-refractivity contribution is 14.1. The fraction of sp³-hybridized carbons (Fsp3) is 0.250. The van der Waals surface area contributed by atoms with E-state index >= 15 is 0 Å². The van der Waals surface area contributed by atoms with Gasteiger partial charge in [0.2, 0.25) is 0 Å². The number of rotatable bonds is 1. The first kappa shape index (κ1) is 14.9. The highest BCUT2D eigenvalue weighted by Gasteiger charge is 2.36. The molecule has 0 saturated heterocycles. The molecule has 1 aromatic carbocycles. The Labute approximate surface area is 113 Å². The second kappa shape index (κ2) is 4.82. The van der Waals surface area contributed by atoms with E-state index < -0.39 is 23.9 Å². The smallest absolute Gasteiger partial charge is 0.405 e. The lowest BCUT2D eigenvalue weighted by atomic mass is 10.2. The third kappa shape index (κ3) is 4.19. The Bertz CT molecular complexity index is 427. The molecule has 0 heterocycles. The topological polar surface area (TPSA) is 9.23 Å². The minimum Gasteiger partial charge on any atom is -0.405 e. The predicted octanol–water partition coefficient (Wildman–Crippen LogP) is 4.97. The Balaban J connectivity index is 3.26. The number of benzene rings is 1. The van der Waals surface area contributed by atoms with Gasteiger partial charge in [-0.15, -0.1) is 13.2 Å². The number of hydrogen-bond donors (Lipinski definition) is 0. The van der Waals surface area contributed by atoms with Crippen molar-refractivity contribution in [1.29, 1.82) is 0 Å². The van der Waals surface area contributed by atoms with E-state index in [2.05, 4.69) is 20.7 Å². The molecule has 0 atom stereocenters. The van der Waals surface area contributed by atoms with E-state index in [0.29, 0.717) is 12.1 Å². The molecule has 0 aliphatic carbocycles. The molecule has 96 valence electrons. The van der Waals surface area contributed by atoms with Crippen molar-refractivity contribution in [2.24, 2.45) is 0 Å². The summed E-state index contributed by atoms with van der Waals surface area (Å²) in [6, 6.07) is 0.991. The van der Waals surface area contributed by atoms with Crippen molar-refractivity contribution in [2.45, 2.75) is 12.5 Å². The van der Waals surface area contributed by atoms with Crippen molar-refractivity contribution in [3.63, 3.8) is 0 Å². The van der Waals surface area contributed by atoms with Crippen molar-refractivity contribution in [2.75, 3.05) is 0 Å². The van der Waals surface area contributed by atoms with Crippen LogP contribution in [0.25, 0.3) is 0 Å². The van der Waals surface area contributed by atoms with Crippen LogP contribution in [0.5, 0.6) is 5.75 Å². The normalized spacial score (nSPS) is 12.7. The Hall–Kier alpha value is -0.190. The fourth-order valence-electron chi connectivity index (χ4n) is 0.926. The van der Waals surface area contributed by atoms with E-state index in [0.717, 1.165) is 0 Å². The van der Waals surface area contributed by atoms with E-state index in [4.69, 9.17) is 0 Å². The molecular weight excluding hydrogens is 433 g/mol. The average Bonchev–Trinajstić information content (AvgIpc) is 2.08. The molecule has 0 aliphatic rings. The SMILES string of the molecule is FC(F)(F)Oc1cc(C(F)(F)F)cc(Br)c1I. The lowest BCUT2D eigenvalue weighted by Gasteiger charge is -2.14. The number of ether oxygens (including phenoxy) is 1. The average molecular weight is 435 g/mol. The van der Waals surface area contributed by atoms with Gasteiger partial charge in [-0.2, -0.15) is 13.2 Å². The van der Waals surface area contributed by atoms with Crippen LogP contribution in [0.2, 0.25) is 0 Å². The summed E-state index contributed by atoms with van der Waals surface area (Å²) >= 11 is 4.19. The molecule has 0 spiro atoms. The molecule has 9 heteroatoms. The zero-order chi connectivity index (χ0) is 13.4. The largest absolute Gasteiger partial charge is 0.573 e. The molecule has 1 nitrogen and oxygen atoms in total. The second-order valence-electron chi connectivity index (χ2n) is 2.82. The first-order chi connectivity index (χ1) is 7.50. The van der Waals surface area contributed by atoms with Gasteiger partial charge < -0.3 is 4.74 Å². The molecule has 1 aromatic rings. The van der Waals surface area contributed by atoms with Gasteiger partial charge in [-0.3, -0.25) is 0 Å². The van der Waals surface area contributed by atoms with Crippen LogP contribution in [-0.4, -0.2) is 6.36 Å². The van der Waals surface area contributed by atoms with Crippen molar-refractivity contribution in [1.82, 2.24) is 0 Å². The standard InChI is InChI=1S/C8H2BrF6IO/c9-4-1-3(7(10,11)12)2-5(6(4)16)17-8(13,14)15/h1-2H. The molecule has 1 rings (SSSR count). The van der Waals surface area contributed by atoms with Gasteiger partial charge in [0.1, 0.15) is 5.75 Å². The van der Waals surface area contributed by atoms with Gasteiger partial charge in [-0.1, -0.05) is 0 Å². The fourth-order valence-corrected chi connectivity index (χ4v) is 1.79. The van der Waals surface area contributed by atoms with Crippen LogP contribution in [0.1, 0.15) is 5.56 Å². The van der Waals surface area contributed by atoms with Crippen molar-refractivity contribution in [3.05, 3.63) is 25.7 Å². The number of halogens is 8. The third-order valence-corrected chi connectivity index (χ3v) is 4.03. The van der Waals surface area contributed by atoms with Crippen LogP contribution >= 0.6 is 38.5 Å². The predicted molar refractivity (Wildman–Crippen MR) is 58.5 cm³/mol. The van der Waals surface area contributed by atoms with Gasteiger partial charge >= 0.3 is 12.5 Å². The Morgan fingerprint density at radius 3 is 2.00 bits per heavy atom. The van der Waals surface area contributed by atoms with Crippen LogP contribution in [-0.2, 0) is 6.18 Å². The van der Waals surface area contributed by atoms with E-state index in [9.17, 15) is 26.3 Å². The highest BCUT2D eigenvalue weighted by atomic mass is 127. The summed E-state index contributed by atoms with van der Waals surface area (Å²) < 4.78 is 76.2.